The Kier molecular flexibility index (Phi) is 7.59. The lowest BCUT2D eigenvalue weighted by molar-refractivity contribution is -0.116. The van der Waals surface area contributed by atoms with Gasteiger partial charge >= 0.3 is 5.97 Å². The van der Waals surface area contributed by atoms with Crippen LogP contribution in [0.25, 0.3) is 10.9 Å². The number of esters is 1. The molecule has 3 aromatic rings. The number of piperazine rings is 1. The number of carbonyl (C=O) groups excluding carboxylic acids is 2. The molecule has 2 heterocycles. The number of ether oxygens (including phenoxy) is 2. The van der Waals surface area contributed by atoms with Crippen LogP contribution < -0.4 is 15.0 Å². The molecule has 1 aliphatic rings. The van der Waals surface area contributed by atoms with Gasteiger partial charge in [0.25, 0.3) is 0 Å². The summed E-state index contributed by atoms with van der Waals surface area (Å²) in [5, 5.41) is 4.36. The van der Waals surface area contributed by atoms with Crippen molar-refractivity contribution in [3.63, 3.8) is 0 Å². The zero-order chi connectivity index (χ0) is 24.1. The van der Waals surface area contributed by atoms with Gasteiger partial charge in [-0.25, -0.2) is 4.79 Å². The van der Waals surface area contributed by atoms with Crippen LogP contribution in [0, 0.1) is 0 Å². The molecule has 2 N–H and O–H groups in total. The van der Waals surface area contributed by atoms with Crippen molar-refractivity contribution >= 4 is 45.8 Å². The van der Waals surface area contributed by atoms with Gasteiger partial charge < -0.3 is 24.7 Å². The molecule has 1 aliphatic heterocycles. The molecule has 1 aromatic heterocycles. The monoisotopic (exact) mass is 484 g/mol. The number of hydrogen-bond acceptors (Lipinski definition) is 6. The minimum Gasteiger partial charge on any atom is -0.497 e. The van der Waals surface area contributed by atoms with E-state index >= 15 is 0 Å². The molecule has 2 aromatic carbocycles. The molecule has 1 amide bonds. The number of benzene rings is 2. The maximum Gasteiger partial charge on any atom is 0.356 e. The van der Waals surface area contributed by atoms with Gasteiger partial charge in [-0.05, 0) is 43.3 Å². The number of hydrogen-bond donors (Lipinski definition) is 2. The average Bonchev–Trinajstić information content (AvgIpc) is 3.20. The first kappa shape index (κ1) is 23.9. The topological polar surface area (TPSA) is 86.9 Å². The summed E-state index contributed by atoms with van der Waals surface area (Å²) in [6.45, 7) is 6.08. The Morgan fingerprint density at radius 3 is 2.62 bits per heavy atom. The molecule has 0 spiro atoms. The Bertz CT molecular complexity index is 1170. The fourth-order valence-electron chi connectivity index (χ4n) is 4.15. The van der Waals surface area contributed by atoms with Gasteiger partial charge in [0, 0.05) is 60.8 Å². The van der Waals surface area contributed by atoms with Gasteiger partial charge in [0.2, 0.25) is 5.91 Å². The number of rotatable bonds is 8. The van der Waals surface area contributed by atoms with Crippen LogP contribution in [0.1, 0.15) is 23.8 Å². The fourth-order valence-corrected chi connectivity index (χ4v) is 4.33. The largest absolute Gasteiger partial charge is 0.497 e. The van der Waals surface area contributed by atoms with Crippen LogP contribution in [0.2, 0.25) is 5.02 Å². The van der Waals surface area contributed by atoms with Crippen molar-refractivity contribution in [2.45, 2.75) is 13.3 Å². The number of amides is 1. The summed E-state index contributed by atoms with van der Waals surface area (Å²) in [5.41, 5.74) is 2.49. The van der Waals surface area contributed by atoms with Crippen molar-refractivity contribution in [1.82, 2.24) is 9.88 Å². The Morgan fingerprint density at radius 2 is 1.91 bits per heavy atom. The van der Waals surface area contributed by atoms with E-state index in [2.05, 4.69) is 26.2 Å². The number of aromatic amines is 1. The van der Waals surface area contributed by atoms with E-state index < -0.39 is 5.97 Å². The number of nitrogens with zero attached hydrogens (tertiary/aromatic N) is 2. The van der Waals surface area contributed by atoms with Crippen molar-refractivity contribution in [2.24, 2.45) is 0 Å². The summed E-state index contributed by atoms with van der Waals surface area (Å²) >= 11 is 6.12. The third-order valence-electron chi connectivity index (χ3n) is 5.95. The highest BCUT2D eigenvalue weighted by Gasteiger charge is 2.22. The van der Waals surface area contributed by atoms with Crippen molar-refractivity contribution in [1.29, 1.82) is 0 Å². The summed E-state index contributed by atoms with van der Waals surface area (Å²) in [5.74, 6) is -0.0355. The standard InChI is InChI=1S/C25H29ClN4O4/c1-3-34-25(32)24-23(20-16-19(33-2)7-8-21(20)27-24)28-22(31)9-10-29-11-13-30(14-12-29)18-6-4-5-17(26)15-18/h4-8,15-16,27H,3,9-14H2,1-2H3,(H,28,31). The Morgan fingerprint density at radius 1 is 1.12 bits per heavy atom. The summed E-state index contributed by atoms with van der Waals surface area (Å²) < 4.78 is 10.5. The van der Waals surface area contributed by atoms with Gasteiger partial charge in [0.1, 0.15) is 11.4 Å². The quantitative estimate of drug-likeness (QED) is 0.467. The molecule has 0 atom stereocenters. The molecule has 180 valence electrons. The van der Waals surface area contributed by atoms with Gasteiger partial charge in [-0.3, -0.25) is 9.69 Å². The van der Waals surface area contributed by atoms with Crippen LogP contribution in [-0.4, -0.2) is 68.2 Å². The molecule has 0 aliphatic carbocycles. The SMILES string of the molecule is CCOC(=O)c1[nH]c2ccc(OC)cc2c1NC(=O)CCN1CCN(c2cccc(Cl)c2)CC1. The number of aromatic nitrogens is 1. The first-order valence-electron chi connectivity index (χ1n) is 11.4. The zero-order valence-corrected chi connectivity index (χ0v) is 20.2. The lowest BCUT2D eigenvalue weighted by Crippen LogP contribution is -2.47. The molecule has 0 radical (unpaired) electrons. The van der Waals surface area contributed by atoms with Gasteiger partial charge in [-0.2, -0.15) is 0 Å². The third kappa shape index (κ3) is 5.46. The van der Waals surface area contributed by atoms with Gasteiger partial charge in [-0.1, -0.05) is 17.7 Å². The van der Waals surface area contributed by atoms with E-state index in [1.807, 2.05) is 24.3 Å². The van der Waals surface area contributed by atoms with Gasteiger partial charge in [-0.15, -0.1) is 0 Å². The van der Waals surface area contributed by atoms with Crippen molar-refractivity contribution in [2.75, 3.05) is 56.7 Å². The van der Waals surface area contributed by atoms with Crippen molar-refractivity contribution in [3.05, 3.63) is 53.2 Å². The van der Waals surface area contributed by atoms with E-state index in [0.717, 1.165) is 42.4 Å². The molecular formula is C25H29ClN4O4. The van der Waals surface area contributed by atoms with Gasteiger partial charge in [0.05, 0.1) is 19.4 Å². The summed E-state index contributed by atoms with van der Waals surface area (Å²) in [6.07, 6.45) is 0.316. The molecular weight excluding hydrogens is 456 g/mol. The highest BCUT2D eigenvalue weighted by atomic mass is 35.5. The molecule has 1 saturated heterocycles. The Balaban J connectivity index is 1.38. The van der Waals surface area contributed by atoms with E-state index in [4.69, 9.17) is 21.1 Å². The van der Waals surface area contributed by atoms with Crippen LogP contribution in [0.15, 0.2) is 42.5 Å². The maximum atomic E-state index is 12.8. The maximum absolute atomic E-state index is 12.8. The average molecular weight is 485 g/mol. The summed E-state index contributed by atoms with van der Waals surface area (Å²) in [6, 6.07) is 13.3. The summed E-state index contributed by atoms with van der Waals surface area (Å²) in [7, 11) is 1.57. The van der Waals surface area contributed by atoms with Crippen molar-refractivity contribution < 1.29 is 19.1 Å². The molecule has 1 fully saturated rings. The van der Waals surface area contributed by atoms with Crippen LogP contribution in [0.4, 0.5) is 11.4 Å². The predicted molar refractivity (Wildman–Crippen MR) is 134 cm³/mol. The van der Waals surface area contributed by atoms with E-state index in [0.29, 0.717) is 29.8 Å². The van der Waals surface area contributed by atoms with Crippen molar-refractivity contribution in [3.8, 4) is 5.75 Å². The second-order valence-electron chi connectivity index (χ2n) is 8.11. The highest BCUT2D eigenvalue weighted by Crippen LogP contribution is 2.31. The first-order valence-corrected chi connectivity index (χ1v) is 11.8. The second-order valence-corrected chi connectivity index (χ2v) is 8.55. The fraction of sp³-hybridized carbons (Fsp3) is 0.360. The highest BCUT2D eigenvalue weighted by molar-refractivity contribution is 6.30. The van der Waals surface area contributed by atoms with Crippen LogP contribution in [0.3, 0.4) is 0 Å². The minimum absolute atomic E-state index is 0.161. The second kappa shape index (κ2) is 10.8. The van der Waals surface area contributed by atoms with E-state index in [9.17, 15) is 9.59 Å². The van der Waals surface area contributed by atoms with E-state index in [1.54, 1.807) is 26.2 Å². The molecule has 0 saturated carbocycles. The summed E-state index contributed by atoms with van der Waals surface area (Å²) in [4.78, 5) is 33.0. The van der Waals surface area contributed by atoms with Crippen LogP contribution in [-0.2, 0) is 9.53 Å². The lowest BCUT2D eigenvalue weighted by Gasteiger charge is -2.36. The van der Waals surface area contributed by atoms with E-state index in [-0.39, 0.29) is 18.2 Å². The number of halogens is 1. The number of anilines is 2. The van der Waals surface area contributed by atoms with Crippen LogP contribution >= 0.6 is 11.6 Å². The minimum atomic E-state index is -0.509. The smallest absolute Gasteiger partial charge is 0.356 e. The first-order chi connectivity index (χ1) is 16.5. The number of H-pyrrole nitrogens is 1. The van der Waals surface area contributed by atoms with E-state index in [1.165, 1.54) is 0 Å². The number of methoxy groups -OCH3 is 1. The molecule has 0 bridgehead atoms. The Hall–Kier alpha value is -3.23. The normalized spacial score (nSPS) is 14.3. The van der Waals surface area contributed by atoms with Crippen LogP contribution in [0.5, 0.6) is 5.75 Å². The number of carbonyl (C=O) groups is 2. The third-order valence-corrected chi connectivity index (χ3v) is 6.19. The zero-order valence-electron chi connectivity index (χ0n) is 19.4. The predicted octanol–water partition coefficient (Wildman–Crippen LogP) is 4.16. The number of nitrogens with one attached hydrogen (secondary N) is 2. The molecule has 9 heteroatoms. The lowest BCUT2D eigenvalue weighted by atomic mass is 10.2. The molecule has 4 rings (SSSR count). The Labute approximate surface area is 203 Å². The van der Waals surface area contributed by atoms with Gasteiger partial charge in [0.15, 0.2) is 0 Å². The molecule has 34 heavy (non-hydrogen) atoms. The molecule has 8 nitrogen and oxygen atoms in total. The number of fused-ring (bicyclic) bond motifs is 1. The molecule has 0 unspecified atom stereocenters.